The third kappa shape index (κ3) is 2.43. The van der Waals surface area contributed by atoms with Crippen LogP contribution in [0.4, 0.5) is 5.95 Å². The second-order valence-corrected chi connectivity index (χ2v) is 5.20. The third-order valence-corrected chi connectivity index (χ3v) is 4.00. The smallest absolute Gasteiger partial charge is 0.230 e. The molecule has 2 atom stereocenters. The standard InChI is InChI=1S/C12H10Cl2N4O/c13-9-3-1-2-6(10(9)14)7-4-8(7)11(19)17-12-15-5-16-18-12/h1-3,5,7-8H,4H2,(H2,15,16,17,18,19). The first kappa shape index (κ1) is 12.4. The van der Waals surface area contributed by atoms with Crippen molar-refractivity contribution in [2.24, 2.45) is 5.92 Å². The van der Waals surface area contributed by atoms with Crippen LogP contribution < -0.4 is 5.32 Å². The van der Waals surface area contributed by atoms with E-state index in [1.807, 2.05) is 12.1 Å². The molecule has 5 nitrogen and oxygen atoms in total. The molecule has 1 heterocycles. The van der Waals surface area contributed by atoms with E-state index in [1.165, 1.54) is 6.33 Å². The summed E-state index contributed by atoms with van der Waals surface area (Å²) < 4.78 is 0. The zero-order valence-electron chi connectivity index (χ0n) is 9.73. The molecule has 1 fully saturated rings. The third-order valence-electron chi connectivity index (χ3n) is 3.16. The van der Waals surface area contributed by atoms with Crippen molar-refractivity contribution in [3.63, 3.8) is 0 Å². The minimum atomic E-state index is -0.0962. The van der Waals surface area contributed by atoms with Gasteiger partial charge in [0.15, 0.2) is 0 Å². The number of anilines is 1. The summed E-state index contributed by atoms with van der Waals surface area (Å²) in [6.07, 6.45) is 2.11. The fourth-order valence-corrected chi connectivity index (χ4v) is 2.56. The van der Waals surface area contributed by atoms with Crippen molar-refractivity contribution in [1.82, 2.24) is 15.2 Å². The number of nitrogens with zero attached hydrogens (tertiary/aromatic N) is 2. The summed E-state index contributed by atoms with van der Waals surface area (Å²) in [5.74, 6) is 0.292. The summed E-state index contributed by atoms with van der Waals surface area (Å²) in [5.41, 5.74) is 0.923. The normalized spacial score (nSPS) is 21.2. The minimum absolute atomic E-state index is 0.0854. The number of aromatic amines is 1. The lowest BCUT2D eigenvalue weighted by Gasteiger charge is -2.05. The molecule has 7 heteroatoms. The lowest BCUT2D eigenvalue weighted by Crippen LogP contribution is -2.15. The number of nitrogens with one attached hydrogen (secondary N) is 2. The van der Waals surface area contributed by atoms with Crippen LogP contribution in [0.3, 0.4) is 0 Å². The Hall–Kier alpha value is -1.59. The van der Waals surface area contributed by atoms with Gasteiger partial charge >= 0.3 is 0 Å². The van der Waals surface area contributed by atoms with Crippen LogP contribution in [0.25, 0.3) is 0 Å². The van der Waals surface area contributed by atoms with Gasteiger partial charge in [-0.2, -0.15) is 10.1 Å². The minimum Gasteiger partial charge on any atom is -0.295 e. The van der Waals surface area contributed by atoms with E-state index in [0.29, 0.717) is 16.0 Å². The molecule has 1 aromatic heterocycles. The van der Waals surface area contributed by atoms with Crippen LogP contribution in [-0.2, 0) is 4.79 Å². The number of aromatic nitrogens is 3. The number of amides is 1. The lowest BCUT2D eigenvalue weighted by molar-refractivity contribution is -0.117. The highest BCUT2D eigenvalue weighted by Crippen LogP contribution is 2.50. The molecule has 0 saturated heterocycles. The van der Waals surface area contributed by atoms with Crippen LogP contribution in [0.15, 0.2) is 24.5 Å². The number of carbonyl (C=O) groups excluding carboxylic acids is 1. The van der Waals surface area contributed by atoms with Gasteiger partial charge in [-0.1, -0.05) is 35.3 Å². The quantitative estimate of drug-likeness (QED) is 0.915. The van der Waals surface area contributed by atoms with Gasteiger partial charge in [0.2, 0.25) is 11.9 Å². The molecule has 19 heavy (non-hydrogen) atoms. The summed E-state index contributed by atoms with van der Waals surface area (Å²) in [5, 5.41) is 9.97. The van der Waals surface area contributed by atoms with E-state index in [2.05, 4.69) is 20.5 Å². The van der Waals surface area contributed by atoms with Crippen LogP contribution >= 0.6 is 23.2 Å². The number of hydrogen-bond donors (Lipinski definition) is 2. The van der Waals surface area contributed by atoms with Gasteiger partial charge < -0.3 is 0 Å². The highest BCUT2D eigenvalue weighted by atomic mass is 35.5. The number of rotatable bonds is 3. The van der Waals surface area contributed by atoms with Gasteiger partial charge in [-0.25, -0.2) is 5.10 Å². The van der Waals surface area contributed by atoms with Crippen molar-refractivity contribution in [3.8, 4) is 0 Å². The Bertz CT molecular complexity index is 614. The molecule has 1 saturated carbocycles. The zero-order chi connectivity index (χ0) is 13.4. The highest BCUT2D eigenvalue weighted by molar-refractivity contribution is 6.42. The van der Waals surface area contributed by atoms with Crippen molar-refractivity contribution in [2.45, 2.75) is 12.3 Å². The first-order valence-corrected chi connectivity index (χ1v) is 6.52. The molecule has 2 unspecified atom stereocenters. The maximum absolute atomic E-state index is 12.0. The monoisotopic (exact) mass is 296 g/mol. The van der Waals surface area contributed by atoms with Gasteiger partial charge in [-0.05, 0) is 24.0 Å². The summed E-state index contributed by atoms with van der Waals surface area (Å²) >= 11 is 12.1. The number of H-pyrrole nitrogens is 1. The first-order chi connectivity index (χ1) is 9.16. The summed E-state index contributed by atoms with van der Waals surface area (Å²) in [6, 6.07) is 5.48. The Morgan fingerprint density at radius 1 is 1.42 bits per heavy atom. The summed E-state index contributed by atoms with van der Waals surface area (Å²) in [6.45, 7) is 0. The van der Waals surface area contributed by atoms with Crippen molar-refractivity contribution in [3.05, 3.63) is 40.1 Å². The van der Waals surface area contributed by atoms with Gasteiger partial charge in [0.25, 0.3) is 0 Å². The largest absolute Gasteiger partial charge is 0.295 e. The van der Waals surface area contributed by atoms with Gasteiger partial charge in [-0.3, -0.25) is 10.1 Å². The van der Waals surface area contributed by atoms with Gasteiger partial charge in [0, 0.05) is 5.92 Å². The Kier molecular flexibility index (Phi) is 3.16. The van der Waals surface area contributed by atoms with Crippen LogP contribution in [-0.4, -0.2) is 21.1 Å². The molecule has 1 aliphatic carbocycles. The molecule has 2 aromatic rings. The van der Waals surface area contributed by atoms with E-state index in [9.17, 15) is 4.79 Å². The molecular formula is C12H10Cl2N4O. The van der Waals surface area contributed by atoms with Gasteiger partial charge in [-0.15, -0.1) is 0 Å². The van der Waals surface area contributed by atoms with E-state index >= 15 is 0 Å². The first-order valence-electron chi connectivity index (χ1n) is 5.77. The van der Waals surface area contributed by atoms with E-state index in [4.69, 9.17) is 23.2 Å². The predicted molar refractivity (Wildman–Crippen MR) is 72.3 cm³/mol. The molecule has 1 aromatic carbocycles. The van der Waals surface area contributed by atoms with Crippen molar-refractivity contribution < 1.29 is 4.79 Å². The Morgan fingerprint density at radius 3 is 3.00 bits per heavy atom. The van der Waals surface area contributed by atoms with Crippen molar-refractivity contribution in [1.29, 1.82) is 0 Å². The maximum Gasteiger partial charge on any atom is 0.230 e. The van der Waals surface area contributed by atoms with Crippen LogP contribution in [0, 0.1) is 5.92 Å². The molecule has 2 N–H and O–H groups in total. The molecular weight excluding hydrogens is 287 g/mol. The predicted octanol–water partition coefficient (Wildman–Crippen LogP) is 2.85. The average Bonchev–Trinajstić information content (AvgIpc) is 3.03. The van der Waals surface area contributed by atoms with Crippen LogP contribution in [0.2, 0.25) is 10.0 Å². The average molecular weight is 297 g/mol. The lowest BCUT2D eigenvalue weighted by atomic mass is 10.1. The number of carbonyl (C=O) groups is 1. The van der Waals surface area contributed by atoms with Crippen molar-refractivity contribution >= 4 is 35.1 Å². The second kappa shape index (κ2) is 4.83. The van der Waals surface area contributed by atoms with E-state index in [1.54, 1.807) is 6.07 Å². The molecule has 3 rings (SSSR count). The number of halogens is 2. The Balaban J connectivity index is 1.70. The molecule has 0 bridgehead atoms. The molecule has 0 radical (unpaired) electrons. The summed E-state index contributed by atoms with van der Waals surface area (Å²) in [4.78, 5) is 15.8. The zero-order valence-corrected chi connectivity index (χ0v) is 11.2. The second-order valence-electron chi connectivity index (χ2n) is 4.42. The van der Waals surface area contributed by atoms with E-state index in [0.717, 1.165) is 12.0 Å². The molecule has 1 aliphatic rings. The van der Waals surface area contributed by atoms with E-state index < -0.39 is 0 Å². The van der Waals surface area contributed by atoms with Gasteiger partial charge in [0.05, 0.1) is 10.0 Å². The molecule has 98 valence electrons. The van der Waals surface area contributed by atoms with Gasteiger partial charge in [0.1, 0.15) is 6.33 Å². The fourth-order valence-electron chi connectivity index (χ4n) is 2.11. The van der Waals surface area contributed by atoms with Crippen LogP contribution in [0.5, 0.6) is 0 Å². The van der Waals surface area contributed by atoms with Crippen molar-refractivity contribution in [2.75, 3.05) is 5.32 Å². The molecule has 1 amide bonds. The topological polar surface area (TPSA) is 70.7 Å². The molecule has 0 aliphatic heterocycles. The SMILES string of the molecule is O=C(Nc1ncn[nH]1)C1CC1c1cccc(Cl)c1Cl. The number of hydrogen-bond acceptors (Lipinski definition) is 3. The highest BCUT2D eigenvalue weighted by Gasteiger charge is 2.45. The summed E-state index contributed by atoms with van der Waals surface area (Å²) in [7, 11) is 0. The Labute approximate surface area is 119 Å². The fraction of sp³-hybridized carbons (Fsp3) is 0.250. The van der Waals surface area contributed by atoms with Crippen LogP contribution in [0.1, 0.15) is 17.9 Å². The maximum atomic E-state index is 12.0. The molecule has 0 spiro atoms. The number of benzene rings is 1. The van der Waals surface area contributed by atoms with E-state index in [-0.39, 0.29) is 17.7 Å². The Morgan fingerprint density at radius 2 is 2.26 bits per heavy atom.